The first kappa shape index (κ1) is 14.5. The number of carbonyl (C=O) groups excluding carboxylic acids is 1. The lowest BCUT2D eigenvalue weighted by atomic mass is 10.1. The molecule has 0 saturated carbocycles. The SMILES string of the molecule is Cc1cc(Br)cc(C(=O)N(C)C(C)/C(N)=N/O)c1. The van der Waals surface area contributed by atoms with E-state index in [1.807, 2.05) is 13.0 Å². The minimum atomic E-state index is -0.471. The first-order valence-corrected chi connectivity index (χ1v) is 6.18. The number of hydrogen-bond acceptors (Lipinski definition) is 3. The predicted molar refractivity (Wildman–Crippen MR) is 73.8 cm³/mol. The summed E-state index contributed by atoms with van der Waals surface area (Å²) in [5.41, 5.74) is 7.03. The minimum Gasteiger partial charge on any atom is -0.409 e. The fourth-order valence-electron chi connectivity index (χ4n) is 1.52. The molecular formula is C12H16BrN3O2. The Kier molecular flexibility index (Phi) is 4.72. The fraction of sp³-hybridized carbons (Fsp3) is 0.333. The molecule has 0 aromatic heterocycles. The van der Waals surface area contributed by atoms with Gasteiger partial charge in [-0.25, -0.2) is 0 Å². The van der Waals surface area contributed by atoms with Gasteiger partial charge in [0.1, 0.15) is 0 Å². The van der Waals surface area contributed by atoms with Crippen molar-refractivity contribution in [3.8, 4) is 0 Å². The monoisotopic (exact) mass is 313 g/mol. The van der Waals surface area contributed by atoms with Crippen molar-refractivity contribution < 1.29 is 10.0 Å². The highest BCUT2D eigenvalue weighted by molar-refractivity contribution is 9.10. The molecule has 98 valence electrons. The van der Waals surface area contributed by atoms with Crippen LogP contribution in [0.4, 0.5) is 0 Å². The van der Waals surface area contributed by atoms with Crippen LogP contribution in [0.2, 0.25) is 0 Å². The van der Waals surface area contributed by atoms with Crippen molar-refractivity contribution in [1.82, 2.24) is 4.90 Å². The summed E-state index contributed by atoms with van der Waals surface area (Å²) in [6.45, 7) is 3.60. The van der Waals surface area contributed by atoms with E-state index < -0.39 is 6.04 Å². The van der Waals surface area contributed by atoms with Gasteiger partial charge in [-0.3, -0.25) is 4.79 Å². The molecule has 0 radical (unpaired) electrons. The van der Waals surface area contributed by atoms with Crippen LogP contribution in [0.15, 0.2) is 27.8 Å². The molecule has 18 heavy (non-hydrogen) atoms. The zero-order chi connectivity index (χ0) is 13.9. The van der Waals surface area contributed by atoms with Crippen LogP contribution >= 0.6 is 15.9 Å². The van der Waals surface area contributed by atoms with Crippen molar-refractivity contribution in [2.24, 2.45) is 10.9 Å². The molecule has 0 heterocycles. The summed E-state index contributed by atoms with van der Waals surface area (Å²) >= 11 is 3.35. The van der Waals surface area contributed by atoms with E-state index >= 15 is 0 Å². The molecule has 0 spiro atoms. The molecule has 1 unspecified atom stereocenters. The Hall–Kier alpha value is -1.56. The van der Waals surface area contributed by atoms with Crippen molar-refractivity contribution >= 4 is 27.7 Å². The van der Waals surface area contributed by atoms with Crippen molar-refractivity contribution in [2.75, 3.05) is 7.05 Å². The van der Waals surface area contributed by atoms with E-state index in [4.69, 9.17) is 10.9 Å². The zero-order valence-corrected chi connectivity index (χ0v) is 12.1. The summed E-state index contributed by atoms with van der Waals surface area (Å²) in [6, 6.07) is 4.98. The van der Waals surface area contributed by atoms with Gasteiger partial charge >= 0.3 is 0 Å². The van der Waals surface area contributed by atoms with Crippen LogP contribution in [-0.4, -0.2) is 34.9 Å². The Balaban J connectivity index is 3.00. The molecule has 0 fully saturated rings. The largest absolute Gasteiger partial charge is 0.409 e. The maximum atomic E-state index is 12.2. The number of carbonyl (C=O) groups is 1. The maximum absolute atomic E-state index is 12.2. The number of rotatable bonds is 3. The first-order chi connectivity index (χ1) is 8.36. The Morgan fingerprint density at radius 3 is 2.61 bits per heavy atom. The number of aryl methyl sites for hydroxylation is 1. The standard InChI is InChI=1S/C12H16BrN3O2/c1-7-4-9(6-10(13)5-7)12(17)16(3)8(2)11(14)15-18/h4-6,8,18H,1-3H3,(H2,14,15). The second-order valence-corrected chi connectivity index (χ2v) is 5.05. The lowest BCUT2D eigenvalue weighted by molar-refractivity contribution is 0.0776. The molecule has 5 nitrogen and oxygen atoms in total. The average molecular weight is 314 g/mol. The van der Waals surface area contributed by atoms with Gasteiger partial charge in [-0.2, -0.15) is 0 Å². The highest BCUT2D eigenvalue weighted by atomic mass is 79.9. The number of likely N-dealkylation sites (N-methyl/N-ethyl adjacent to an activating group) is 1. The summed E-state index contributed by atoms with van der Waals surface area (Å²) in [7, 11) is 1.61. The van der Waals surface area contributed by atoms with Crippen molar-refractivity contribution in [3.63, 3.8) is 0 Å². The van der Waals surface area contributed by atoms with Gasteiger partial charge in [-0.15, -0.1) is 0 Å². The summed E-state index contributed by atoms with van der Waals surface area (Å²) in [5.74, 6) is -0.184. The Morgan fingerprint density at radius 1 is 1.50 bits per heavy atom. The van der Waals surface area contributed by atoms with Crippen LogP contribution in [0.25, 0.3) is 0 Å². The quantitative estimate of drug-likeness (QED) is 0.387. The van der Waals surface area contributed by atoms with Crippen molar-refractivity contribution in [2.45, 2.75) is 19.9 Å². The third-order valence-corrected chi connectivity index (χ3v) is 3.19. The van der Waals surface area contributed by atoms with Gasteiger partial charge in [0, 0.05) is 17.1 Å². The minimum absolute atomic E-state index is 0.00225. The summed E-state index contributed by atoms with van der Waals surface area (Å²) < 4.78 is 0.843. The normalized spacial score (nSPS) is 13.2. The number of oxime groups is 1. The van der Waals surface area contributed by atoms with Gasteiger partial charge in [0.15, 0.2) is 5.84 Å². The van der Waals surface area contributed by atoms with Gasteiger partial charge in [-0.1, -0.05) is 21.1 Å². The molecule has 0 aliphatic carbocycles. The molecule has 1 rings (SSSR count). The Morgan fingerprint density at radius 2 is 2.11 bits per heavy atom. The maximum Gasteiger partial charge on any atom is 0.254 e. The van der Waals surface area contributed by atoms with Gasteiger partial charge in [0.2, 0.25) is 0 Å². The number of hydrogen-bond donors (Lipinski definition) is 2. The third kappa shape index (κ3) is 3.22. The van der Waals surface area contributed by atoms with Gasteiger partial charge < -0.3 is 15.8 Å². The highest BCUT2D eigenvalue weighted by Gasteiger charge is 2.20. The molecule has 1 amide bonds. The lowest BCUT2D eigenvalue weighted by Crippen LogP contribution is -2.43. The number of nitrogens with two attached hydrogens (primary N) is 1. The number of amides is 1. The Bertz CT molecular complexity index is 468. The summed E-state index contributed by atoms with van der Waals surface area (Å²) in [5, 5.41) is 11.5. The molecule has 3 N–H and O–H groups in total. The van der Waals surface area contributed by atoms with E-state index in [0.717, 1.165) is 10.0 Å². The molecule has 1 atom stereocenters. The Labute approximate surface area is 114 Å². The number of nitrogens with zero attached hydrogens (tertiary/aromatic N) is 2. The number of benzene rings is 1. The van der Waals surface area contributed by atoms with Crippen LogP contribution in [0.5, 0.6) is 0 Å². The molecular weight excluding hydrogens is 298 g/mol. The first-order valence-electron chi connectivity index (χ1n) is 5.38. The molecule has 0 bridgehead atoms. The molecule has 0 aliphatic heterocycles. The molecule has 0 aliphatic rings. The van der Waals surface area contributed by atoms with Crippen LogP contribution < -0.4 is 5.73 Å². The van der Waals surface area contributed by atoms with E-state index in [9.17, 15) is 4.79 Å². The van der Waals surface area contributed by atoms with Crippen molar-refractivity contribution in [3.05, 3.63) is 33.8 Å². The van der Waals surface area contributed by atoms with Crippen molar-refractivity contribution in [1.29, 1.82) is 0 Å². The van der Waals surface area contributed by atoms with E-state index in [2.05, 4.69) is 21.1 Å². The topological polar surface area (TPSA) is 78.9 Å². The fourth-order valence-corrected chi connectivity index (χ4v) is 2.13. The van der Waals surface area contributed by atoms with E-state index in [-0.39, 0.29) is 11.7 Å². The second-order valence-electron chi connectivity index (χ2n) is 4.13. The van der Waals surface area contributed by atoms with Crippen LogP contribution in [0.1, 0.15) is 22.8 Å². The van der Waals surface area contributed by atoms with Crippen LogP contribution in [-0.2, 0) is 0 Å². The molecule has 1 aromatic rings. The third-order valence-electron chi connectivity index (χ3n) is 2.73. The zero-order valence-electron chi connectivity index (χ0n) is 10.5. The van der Waals surface area contributed by atoms with E-state index in [1.54, 1.807) is 26.1 Å². The van der Waals surface area contributed by atoms with E-state index in [0.29, 0.717) is 5.56 Å². The summed E-state index contributed by atoms with van der Waals surface area (Å²) in [4.78, 5) is 13.7. The van der Waals surface area contributed by atoms with Crippen LogP contribution in [0, 0.1) is 6.92 Å². The molecule has 6 heteroatoms. The summed E-state index contributed by atoms with van der Waals surface area (Å²) in [6.07, 6.45) is 0. The van der Waals surface area contributed by atoms with Crippen LogP contribution in [0.3, 0.4) is 0 Å². The molecule has 0 saturated heterocycles. The highest BCUT2D eigenvalue weighted by Crippen LogP contribution is 2.17. The predicted octanol–water partition coefficient (Wildman–Crippen LogP) is 1.96. The number of halogens is 1. The number of amidine groups is 1. The smallest absolute Gasteiger partial charge is 0.254 e. The molecule has 1 aromatic carbocycles. The average Bonchev–Trinajstić information content (AvgIpc) is 2.33. The lowest BCUT2D eigenvalue weighted by Gasteiger charge is -2.24. The van der Waals surface area contributed by atoms with Gasteiger partial charge in [-0.05, 0) is 37.6 Å². The second kappa shape index (κ2) is 5.86. The van der Waals surface area contributed by atoms with E-state index in [1.165, 1.54) is 4.90 Å². The van der Waals surface area contributed by atoms with Gasteiger partial charge in [0.05, 0.1) is 6.04 Å². The van der Waals surface area contributed by atoms with Gasteiger partial charge in [0.25, 0.3) is 5.91 Å².